The highest BCUT2D eigenvalue weighted by Gasteiger charge is 2.16. The van der Waals surface area contributed by atoms with E-state index in [0.717, 1.165) is 23.0 Å². The number of hydrogen-bond donors (Lipinski definition) is 0. The Hall–Kier alpha value is -0.540. The third-order valence-electron chi connectivity index (χ3n) is 2.74. The molecule has 0 aromatic heterocycles. The van der Waals surface area contributed by atoms with E-state index >= 15 is 0 Å². The Labute approximate surface area is 122 Å². The van der Waals surface area contributed by atoms with Gasteiger partial charge in [0.2, 0.25) is 5.91 Å². The monoisotopic (exact) mass is 331 g/mol. The van der Waals surface area contributed by atoms with E-state index in [1.54, 1.807) is 0 Å². The van der Waals surface area contributed by atoms with Crippen LogP contribution in [0.2, 0.25) is 0 Å². The van der Waals surface area contributed by atoms with Crippen LogP contribution in [-0.2, 0) is 11.2 Å². The van der Waals surface area contributed by atoms with Crippen LogP contribution in [0.4, 0.5) is 0 Å². The van der Waals surface area contributed by atoms with Crippen LogP contribution in [0.1, 0.15) is 25.8 Å². The van der Waals surface area contributed by atoms with Crippen molar-refractivity contribution in [1.29, 1.82) is 0 Å². The van der Waals surface area contributed by atoms with Gasteiger partial charge >= 0.3 is 0 Å². The van der Waals surface area contributed by atoms with E-state index in [-0.39, 0.29) is 11.9 Å². The molecule has 0 fully saturated rings. The van der Waals surface area contributed by atoms with Crippen LogP contribution >= 0.6 is 27.5 Å². The fourth-order valence-corrected chi connectivity index (χ4v) is 2.16. The number of alkyl halides is 1. The lowest BCUT2D eigenvalue weighted by Crippen LogP contribution is -2.38. The fourth-order valence-electron chi connectivity index (χ4n) is 1.78. The van der Waals surface area contributed by atoms with Crippen molar-refractivity contribution in [2.45, 2.75) is 32.7 Å². The summed E-state index contributed by atoms with van der Waals surface area (Å²) in [5, 5.41) is 0. The van der Waals surface area contributed by atoms with Gasteiger partial charge in [0.25, 0.3) is 0 Å². The molecule has 100 valence electrons. The predicted octanol–water partition coefficient (Wildman–Crippen LogP) is 3.86. The van der Waals surface area contributed by atoms with E-state index in [1.807, 2.05) is 43.0 Å². The van der Waals surface area contributed by atoms with Crippen molar-refractivity contribution in [3.05, 3.63) is 34.3 Å². The van der Waals surface area contributed by atoms with Crippen LogP contribution in [0.5, 0.6) is 0 Å². The van der Waals surface area contributed by atoms with Crippen LogP contribution < -0.4 is 0 Å². The molecule has 1 rings (SSSR count). The van der Waals surface area contributed by atoms with Crippen LogP contribution in [0.3, 0.4) is 0 Å². The van der Waals surface area contributed by atoms with E-state index in [4.69, 9.17) is 11.6 Å². The summed E-state index contributed by atoms with van der Waals surface area (Å²) in [4.78, 5) is 14.1. The molecule has 0 aliphatic carbocycles. The molecule has 0 spiro atoms. The minimum absolute atomic E-state index is 0.164. The molecule has 0 aliphatic heterocycles. The zero-order valence-electron chi connectivity index (χ0n) is 10.8. The number of amides is 1. The number of nitrogens with zero attached hydrogens (tertiary/aromatic N) is 1. The van der Waals surface area contributed by atoms with E-state index < -0.39 is 0 Å². The molecule has 1 amide bonds. The van der Waals surface area contributed by atoms with Crippen molar-refractivity contribution >= 4 is 33.4 Å². The van der Waals surface area contributed by atoms with Crippen molar-refractivity contribution < 1.29 is 4.79 Å². The molecule has 1 aromatic carbocycles. The first-order chi connectivity index (χ1) is 8.54. The normalized spacial score (nSPS) is 10.7. The highest BCUT2D eigenvalue weighted by atomic mass is 79.9. The molecule has 18 heavy (non-hydrogen) atoms. The SMILES string of the molecule is CC(C)N(CCCCl)C(=O)Cc1ccc(Br)cc1. The second-order valence-electron chi connectivity index (χ2n) is 4.53. The smallest absolute Gasteiger partial charge is 0.227 e. The van der Waals surface area contributed by atoms with Gasteiger partial charge in [0.05, 0.1) is 6.42 Å². The number of hydrogen-bond acceptors (Lipinski definition) is 1. The largest absolute Gasteiger partial charge is 0.340 e. The highest BCUT2D eigenvalue weighted by Crippen LogP contribution is 2.12. The number of rotatable bonds is 6. The summed E-state index contributed by atoms with van der Waals surface area (Å²) in [6, 6.07) is 8.09. The molecule has 0 saturated carbocycles. The Bertz CT molecular complexity index is 378. The molecule has 0 saturated heterocycles. The summed E-state index contributed by atoms with van der Waals surface area (Å²) in [5.74, 6) is 0.756. The van der Waals surface area contributed by atoms with Gasteiger partial charge in [-0.15, -0.1) is 11.6 Å². The first-order valence-corrected chi connectivity index (χ1v) is 7.47. The maximum absolute atomic E-state index is 12.2. The number of benzene rings is 1. The summed E-state index contributed by atoms with van der Waals surface area (Å²) in [5.41, 5.74) is 1.04. The molecule has 1 aromatic rings. The van der Waals surface area contributed by atoms with Gasteiger partial charge in [-0.3, -0.25) is 4.79 Å². The van der Waals surface area contributed by atoms with Gasteiger partial charge in [-0.25, -0.2) is 0 Å². The summed E-state index contributed by atoms with van der Waals surface area (Å²) < 4.78 is 1.03. The molecule has 0 radical (unpaired) electrons. The first-order valence-electron chi connectivity index (χ1n) is 6.14. The highest BCUT2D eigenvalue weighted by molar-refractivity contribution is 9.10. The number of carbonyl (C=O) groups excluding carboxylic acids is 1. The van der Waals surface area contributed by atoms with Gasteiger partial charge in [0, 0.05) is 22.9 Å². The first kappa shape index (κ1) is 15.5. The number of carbonyl (C=O) groups is 1. The van der Waals surface area contributed by atoms with Gasteiger partial charge in [-0.2, -0.15) is 0 Å². The predicted molar refractivity (Wildman–Crippen MR) is 80.0 cm³/mol. The molecule has 4 heteroatoms. The molecule has 0 bridgehead atoms. The molecule has 0 unspecified atom stereocenters. The molecule has 0 N–H and O–H groups in total. The van der Waals surface area contributed by atoms with E-state index in [9.17, 15) is 4.79 Å². The second-order valence-corrected chi connectivity index (χ2v) is 5.82. The average Bonchev–Trinajstić information content (AvgIpc) is 2.32. The lowest BCUT2D eigenvalue weighted by atomic mass is 10.1. The van der Waals surface area contributed by atoms with Crippen molar-refractivity contribution in [2.75, 3.05) is 12.4 Å². The van der Waals surface area contributed by atoms with Gasteiger partial charge in [-0.1, -0.05) is 28.1 Å². The Morgan fingerprint density at radius 1 is 1.33 bits per heavy atom. The maximum atomic E-state index is 12.2. The van der Waals surface area contributed by atoms with E-state index in [2.05, 4.69) is 15.9 Å². The van der Waals surface area contributed by atoms with Crippen molar-refractivity contribution in [3.63, 3.8) is 0 Å². The Morgan fingerprint density at radius 3 is 2.44 bits per heavy atom. The minimum atomic E-state index is 0.164. The van der Waals surface area contributed by atoms with E-state index in [1.165, 1.54) is 0 Å². The fraction of sp³-hybridized carbons (Fsp3) is 0.500. The number of halogens is 2. The van der Waals surface area contributed by atoms with Crippen LogP contribution in [0.15, 0.2) is 28.7 Å². The van der Waals surface area contributed by atoms with Crippen LogP contribution in [0, 0.1) is 0 Å². The second kappa shape index (κ2) is 7.80. The molecule has 0 aliphatic rings. The van der Waals surface area contributed by atoms with Crippen molar-refractivity contribution in [3.8, 4) is 0 Å². The minimum Gasteiger partial charge on any atom is -0.340 e. The standard InChI is InChI=1S/C14H19BrClNO/c1-11(2)17(9-3-8-16)14(18)10-12-4-6-13(15)7-5-12/h4-7,11H,3,8-10H2,1-2H3. The lowest BCUT2D eigenvalue weighted by Gasteiger charge is -2.26. The summed E-state index contributed by atoms with van der Waals surface area (Å²) in [7, 11) is 0. The lowest BCUT2D eigenvalue weighted by molar-refractivity contribution is -0.132. The zero-order chi connectivity index (χ0) is 13.5. The van der Waals surface area contributed by atoms with Gasteiger partial charge in [-0.05, 0) is 38.0 Å². The molecule has 0 atom stereocenters. The van der Waals surface area contributed by atoms with Gasteiger partial charge < -0.3 is 4.90 Å². The quantitative estimate of drug-likeness (QED) is 0.724. The van der Waals surface area contributed by atoms with Gasteiger partial charge in [0.1, 0.15) is 0 Å². The molecular weight excluding hydrogens is 314 g/mol. The molecular formula is C14H19BrClNO. The topological polar surface area (TPSA) is 20.3 Å². The Kier molecular flexibility index (Phi) is 6.72. The zero-order valence-corrected chi connectivity index (χ0v) is 13.2. The van der Waals surface area contributed by atoms with E-state index in [0.29, 0.717) is 12.3 Å². The summed E-state index contributed by atoms with van der Waals surface area (Å²) in [6.07, 6.45) is 1.29. The maximum Gasteiger partial charge on any atom is 0.227 e. The average molecular weight is 333 g/mol. The van der Waals surface area contributed by atoms with Crippen molar-refractivity contribution in [2.24, 2.45) is 0 Å². The molecule has 0 heterocycles. The Morgan fingerprint density at radius 2 is 1.94 bits per heavy atom. The third-order valence-corrected chi connectivity index (χ3v) is 3.54. The summed E-state index contributed by atoms with van der Waals surface area (Å²) in [6.45, 7) is 4.80. The third kappa shape index (κ3) is 4.99. The Balaban J connectivity index is 2.63. The van der Waals surface area contributed by atoms with Crippen LogP contribution in [0.25, 0.3) is 0 Å². The van der Waals surface area contributed by atoms with Crippen LogP contribution in [-0.4, -0.2) is 29.3 Å². The summed E-state index contributed by atoms with van der Waals surface area (Å²) >= 11 is 9.08. The molecule has 2 nitrogen and oxygen atoms in total. The van der Waals surface area contributed by atoms with Gasteiger partial charge in [0.15, 0.2) is 0 Å². The van der Waals surface area contributed by atoms with Crippen molar-refractivity contribution in [1.82, 2.24) is 4.90 Å².